The number of hydrogen-bond acceptors (Lipinski definition) is 3. The topological polar surface area (TPSA) is 55.6 Å². The van der Waals surface area contributed by atoms with Crippen molar-refractivity contribution in [2.75, 3.05) is 19.7 Å². The van der Waals surface area contributed by atoms with Crippen LogP contribution >= 0.6 is 47.2 Å². The summed E-state index contributed by atoms with van der Waals surface area (Å²) in [5.74, 6) is 0.625. The summed E-state index contributed by atoms with van der Waals surface area (Å²) in [4.78, 5) is 14.0. The first kappa shape index (κ1) is 19.7. The van der Waals surface area contributed by atoms with Crippen molar-refractivity contribution >= 4 is 53.1 Å². The summed E-state index contributed by atoms with van der Waals surface area (Å²) >= 11 is 17.8. The summed E-state index contributed by atoms with van der Waals surface area (Å²) in [5.41, 5.74) is 5.66. The number of hydrogen-bond donors (Lipinski definition) is 1. The Hall–Kier alpha value is -0.390. The second-order valence-corrected chi connectivity index (χ2v) is 6.44. The minimum absolute atomic E-state index is 0. The fourth-order valence-electron chi connectivity index (χ4n) is 2.50. The summed E-state index contributed by atoms with van der Waals surface area (Å²) in [7, 11) is 0. The van der Waals surface area contributed by atoms with E-state index in [0.29, 0.717) is 39.8 Å². The summed E-state index contributed by atoms with van der Waals surface area (Å²) in [6.45, 7) is 3.20. The average molecular weight is 388 g/mol. The number of carbonyl (C=O) groups is 1. The molecule has 0 radical (unpaired) electrons. The maximum absolute atomic E-state index is 12.2. The number of nitrogens with zero attached hydrogens (tertiary/aromatic N) is 1. The van der Waals surface area contributed by atoms with Crippen LogP contribution in [0.2, 0.25) is 15.1 Å². The molecule has 124 valence electrons. The van der Waals surface area contributed by atoms with Crippen LogP contribution in [-0.4, -0.2) is 36.5 Å². The molecule has 1 heterocycles. The molecule has 0 aliphatic carbocycles. The molecule has 0 saturated carbocycles. The summed E-state index contributed by atoms with van der Waals surface area (Å²) < 4.78 is 5.47. The number of likely N-dealkylation sites (tertiary alicyclic amines) is 1. The van der Waals surface area contributed by atoms with Crippen molar-refractivity contribution in [2.45, 2.75) is 19.4 Å². The standard InChI is InChI=1S/C14H17Cl3N2O2.ClH/c1-8-2-9(5-18)6-19(8)14(20)7-21-13-4-11(16)10(15)3-12(13)17;/h3-4,8-9H,2,5-7,18H2,1H3;1H. The number of nitrogens with two attached hydrogens (primary N) is 1. The van der Waals surface area contributed by atoms with E-state index in [0.717, 1.165) is 6.42 Å². The lowest BCUT2D eigenvalue weighted by Gasteiger charge is -2.21. The van der Waals surface area contributed by atoms with Crippen LogP contribution < -0.4 is 10.5 Å². The first-order chi connectivity index (χ1) is 9.92. The smallest absolute Gasteiger partial charge is 0.260 e. The molecule has 4 nitrogen and oxygen atoms in total. The molecule has 2 N–H and O–H groups in total. The lowest BCUT2D eigenvalue weighted by atomic mass is 10.1. The molecule has 0 spiro atoms. The summed E-state index contributed by atoms with van der Waals surface area (Å²) in [6, 6.07) is 3.18. The maximum Gasteiger partial charge on any atom is 0.260 e. The zero-order valence-corrected chi connectivity index (χ0v) is 15.1. The lowest BCUT2D eigenvalue weighted by molar-refractivity contribution is -0.134. The van der Waals surface area contributed by atoms with Gasteiger partial charge in [-0.05, 0) is 31.9 Å². The fourth-order valence-corrected chi connectivity index (χ4v) is 3.09. The van der Waals surface area contributed by atoms with Gasteiger partial charge < -0.3 is 15.4 Å². The maximum atomic E-state index is 12.2. The Bertz CT molecular complexity index is 542. The molecule has 0 aromatic heterocycles. The molecule has 1 fully saturated rings. The summed E-state index contributed by atoms with van der Waals surface area (Å²) in [5, 5.41) is 1.01. The highest BCUT2D eigenvalue weighted by molar-refractivity contribution is 6.43. The van der Waals surface area contributed by atoms with Crippen molar-refractivity contribution in [1.29, 1.82) is 0 Å². The molecular formula is C14H18Cl4N2O2. The third-order valence-corrected chi connectivity index (χ3v) is 4.66. The Morgan fingerprint density at radius 1 is 1.32 bits per heavy atom. The number of carbonyl (C=O) groups excluding carboxylic acids is 1. The fraction of sp³-hybridized carbons (Fsp3) is 0.500. The minimum Gasteiger partial charge on any atom is -0.482 e. The Morgan fingerprint density at radius 3 is 2.55 bits per heavy atom. The van der Waals surface area contributed by atoms with Gasteiger partial charge in [-0.1, -0.05) is 34.8 Å². The predicted octanol–water partition coefficient (Wildman–Crippen LogP) is 3.64. The second-order valence-electron chi connectivity index (χ2n) is 5.22. The van der Waals surface area contributed by atoms with Gasteiger partial charge in [-0.15, -0.1) is 12.4 Å². The van der Waals surface area contributed by atoms with E-state index in [2.05, 4.69) is 0 Å². The van der Waals surface area contributed by atoms with E-state index in [9.17, 15) is 4.79 Å². The van der Waals surface area contributed by atoms with Crippen molar-refractivity contribution in [3.8, 4) is 5.75 Å². The van der Waals surface area contributed by atoms with Gasteiger partial charge >= 0.3 is 0 Å². The first-order valence-electron chi connectivity index (χ1n) is 6.69. The third-order valence-electron chi connectivity index (χ3n) is 3.64. The molecule has 1 saturated heterocycles. The molecule has 22 heavy (non-hydrogen) atoms. The van der Waals surface area contributed by atoms with E-state index >= 15 is 0 Å². The van der Waals surface area contributed by atoms with Crippen LogP contribution in [0.15, 0.2) is 12.1 Å². The van der Waals surface area contributed by atoms with E-state index in [1.54, 1.807) is 4.90 Å². The van der Waals surface area contributed by atoms with Crippen molar-refractivity contribution < 1.29 is 9.53 Å². The average Bonchev–Trinajstić information content (AvgIpc) is 2.82. The molecule has 2 atom stereocenters. The number of rotatable bonds is 4. The van der Waals surface area contributed by atoms with Gasteiger partial charge in [0.2, 0.25) is 0 Å². The highest BCUT2D eigenvalue weighted by atomic mass is 35.5. The van der Waals surface area contributed by atoms with Crippen LogP contribution in [0.3, 0.4) is 0 Å². The molecule has 2 rings (SSSR count). The van der Waals surface area contributed by atoms with Crippen molar-refractivity contribution in [3.63, 3.8) is 0 Å². The molecular weight excluding hydrogens is 370 g/mol. The Labute approximate surface area is 151 Å². The van der Waals surface area contributed by atoms with Crippen LogP contribution in [0.4, 0.5) is 0 Å². The largest absolute Gasteiger partial charge is 0.482 e. The van der Waals surface area contributed by atoms with Crippen LogP contribution in [0, 0.1) is 5.92 Å². The molecule has 8 heteroatoms. The monoisotopic (exact) mass is 386 g/mol. The van der Waals surface area contributed by atoms with Gasteiger partial charge in [-0.25, -0.2) is 0 Å². The Morgan fingerprint density at radius 2 is 1.95 bits per heavy atom. The number of benzene rings is 1. The van der Waals surface area contributed by atoms with E-state index in [1.807, 2.05) is 6.92 Å². The van der Waals surface area contributed by atoms with Crippen molar-refractivity contribution in [1.82, 2.24) is 4.90 Å². The van der Waals surface area contributed by atoms with Crippen LogP contribution in [0.25, 0.3) is 0 Å². The molecule has 1 aliphatic heterocycles. The van der Waals surface area contributed by atoms with E-state index < -0.39 is 0 Å². The molecule has 1 aromatic rings. The van der Waals surface area contributed by atoms with Gasteiger partial charge in [0.15, 0.2) is 6.61 Å². The zero-order valence-electron chi connectivity index (χ0n) is 12.0. The second kappa shape index (κ2) is 8.46. The van der Waals surface area contributed by atoms with Gasteiger partial charge in [-0.2, -0.15) is 0 Å². The van der Waals surface area contributed by atoms with Gasteiger partial charge in [-0.3, -0.25) is 4.79 Å². The lowest BCUT2D eigenvalue weighted by Crippen LogP contribution is -2.37. The Balaban J connectivity index is 0.00000242. The highest BCUT2D eigenvalue weighted by Crippen LogP contribution is 2.34. The molecule has 1 aliphatic rings. The van der Waals surface area contributed by atoms with Crippen LogP contribution in [0.1, 0.15) is 13.3 Å². The molecule has 1 aromatic carbocycles. The Kier molecular flexibility index (Phi) is 7.56. The number of ether oxygens (including phenoxy) is 1. The predicted molar refractivity (Wildman–Crippen MR) is 92.6 cm³/mol. The van der Waals surface area contributed by atoms with Gasteiger partial charge in [0.25, 0.3) is 5.91 Å². The van der Waals surface area contributed by atoms with E-state index in [1.165, 1.54) is 12.1 Å². The van der Waals surface area contributed by atoms with Crippen molar-refractivity contribution in [2.24, 2.45) is 11.7 Å². The SMILES string of the molecule is CC1CC(CN)CN1C(=O)COc1cc(Cl)c(Cl)cc1Cl.Cl. The third kappa shape index (κ3) is 4.56. The molecule has 2 unspecified atom stereocenters. The van der Waals surface area contributed by atoms with Gasteiger partial charge in [0.05, 0.1) is 15.1 Å². The van der Waals surface area contributed by atoms with E-state index in [4.69, 9.17) is 45.3 Å². The quantitative estimate of drug-likeness (QED) is 0.802. The van der Waals surface area contributed by atoms with Crippen LogP contribution in [0.5, 0.6) is 5.75 Å². The minimum atomic E-state index is -0.0840. The number of amides is 1. The molecule has 1 amide bonds. The van der Waals surface area contributed by atoms with Crippen LogP contribution in [-0.2, 0) is 4.79 Å². The van der Waals surface area contributed by atoms with Gasteiger partial charge in [0.1, 0.15) is 5.75 Å². The first-order valence-corrected chi connectivity index (χ1v) is 7.82. The summed E-state index contributed by atoms with van der Waals surface area (Å²) in [6.07, 6.45) is 0.926. The van der Waals surface area contributed by atoms with E-state index in [-0.39, 0.29) is 31.0 Å². The number of halogens is 4. The normalized spacial score (nSPS) is 20.7. The molecule has 0 bridgehead atoms. The van der Waals surface area contributed by atoms with Gasteiger partial charge in [0, 0.05) is 18.7 Å². The zero-order chi connectivity index (χ0) is 15.6. The highest BCUT2D eigenvalue weighted by Gasteiger charge is 2.31. The van der Waals surface area contributed by atoms with Crippen molar-refractivity contribution in [3.05, 3.63) is 27.2 Å².